The quantitative estimate of drug-likeness (QED) is 0.173. The highest BCUT2D eigenvalue weighted by atomic mass is 32.1. The van der Waals surface area contributed by atoms with E-state index >= 15 is 0 Å². The van der Waals surface area contributed by atoms with Gasteiger partial charge in [0.25, 0.3) is 0 Å². The number of nitrogens with zero attached hydrogens (tertiary/aromatic N) is 3. The Bertz CT molecular complexity index is 4230. The number of fused-ring (bicyclic) bond motifs is 16. The second-order valence-corrected chi connectivity index (χ2v) is 19.2. The molecule has 0 fully saturated rings. The lowest BCUT2D eigenvalue weighted by atomic mass is 9.70. The largest absolute Gasteiger partial charge is 0.456 e. The number of aromatic nitrogens is 3. The maximum Gasteiger partial charge on any atom is 0.165 e. The van der Waals surface area contributed by atoms with Crippen LogP contribution in [0.4, 0.5) is 0 Å². The molecule has 0 saturated carbocycles. The van der Waals surface area contributed by atoms with Crippen LogP contribution in [0.1, 0.15) is 22.3 Å². The van der Waals surface area contributed by atoms with E-state index < -0.39 is 5.41 Å². The Labute approximate surface area is 401 Å². The lowest BCUT2D eigenvalue weighted by molar-refractivity contribution is 0.669. The van der Waals surface area contributed by atoms with Gasteiger partial charge < -0.3 is 4.42 Å². The minimum Gasteiger partial charge on any atom is -0.456 e. The second kappa shape index (κ2) is 14.6. The van der Waals surface area contributed by atoms with Gasteiger partial charge in [0.2, 0.25) is 0 Å². The van der Waals surface area contributed by atoms with E-state index in [0.29, 0.717) is 17.5 Å². The van der Waals surface area contributed by atoms with Crippen LogP contribution >= 0.6 is 11.3 Å². The molecule has 4 nitrogen and oxygen atoms in total. The molecule has 0 amide bonds. The van der Waals surface area contributed by atoms with Crippen molar-refractivity contribution in [2.75, 3.05) is 0 Å². The highest BCUT2D eigenvalue weighted by Crippen LogP contribution is 2.64. The Morgan fingerprint density at radius 3 is 1.72 bits per heavy atom. The van der Waals surface area contributed by atoms with Gasteiger partial charge >= 0.3 is 0 Å². The molecule has 0 N–H and O–H groups in total. The van der Waals surface area contributed by atoms with E-state index in [1.54, 1.807) is 11.3 Å². The molecule has 1 spiro atoms. The van der Waals surface area contributed by atoms with Crippen molar-refractivity contribution in [3.63, 3.8) is 0 Å². The number of furan rings is 1. The normalized spacial score (nSPS) is 13.0. The van der Waals surface area contributed by atoms with Gasteiger partial charge in [0, 0.05) is 47.6 Å². The van der Waals surface area contributed by atoms with Crippen molar-refractivity contribution in [1.82, 2.24) is 15.0 Å². The predicted octanol–water partition coefficient (Wildman–Crippen LogP) is 16.8. The Kier molecular flexibility index (Phi) is 8.12. The van der Waals surface area contributed by atoms with Gasteiger partial charge in [-0.05, 0) is 103 Å². The van der Waals surface area contributed by atoms with Crippen molar-refractivity contribution < 1.29 is 4.42 Å². The van der Waals surface area contributed by atoms with E-state index in [0.717, 1.165) is 60.0 Å². The molecule has 0 unspecified atom stereocenters. The molecule has 10 aromatic carbocycles. The molecule has 69 heavy (non-hydrogen) atoms. The monoisotopic (exact) mass is 895 g/mol. The zero-order valence-electron chi connectivity index (χ0n) is 37.0. The standard InChI is InChI=1S/C64H37N3OS/c1-2-16-38(17-3-1)39-18-12-19-41(36-39)61-65-62(67-63(66-61)49-27-13-25-46-45-22-7-11-33-57(45)69-60(46)49)48-26-15-32-56-59(48)50-37-40(34-35-55(50)68-56)42-24-14-31-54-58(42)47-23-6-10-30-53(47)64(54)51-28-8-4-20-43(51)44-21-5-9-29-52(44)64/h1-37H. The molecule has 3 aromatic heterocycles. The van der Waals surface area contributed by atoms with Crippen LogP contribution < -0.4 is 0 Å². The number of benzene rings is 10. The predicted molar refractivity (Wildman–Crippen MR) is 283 cm³/mol. The van der Waals surface area contributed by atoms with Crippen LogP contribution in [-0.2, 0) is 5.41 Å². The minimum absolute atomic E-state index is 0.427. The SMILES string of the molecule is c1ccc(-c2cccc(-c3nc(-c4cccc5c4sc4ccccc45)nc(-c4cccc5oc6ccc(-c7cccc8c7-c7ccccc7C87c8ccccc8-c8ccccc87)cc6c45)n3)c2)cc1. The molecule has 320 valence electrons. The Morgan fingerprint density at radius 2 is 0.899 bits per heavy atom. The van der Waals surface area contributed by atoms with E-state index in [2.05, 4.69) is 212 Å². The molecular weight excluding hydrogens is 859 g/mol. The summed E-state index contributed by atoms with van der Waals surface area (Å²) in [6.07, 6.45) is 0. The number of rotatable bonds is 5. The molecule has 15 rings (SSSR count). The van der Waals surface area contributed by atoms with Gasteiger partial charge in [-0.1, -0.05) is 188 Å². The first-order valence-corrected chi connectivity index (χ1v) is 24.2. The van der Waals surface area contributed by atoms with E-state index in [9.17, 15) is 0 Å². The van der Waals surface area contributed by atoms with Crippen molar-refractivity contribution in [3.8, 4) is 78.7 Å². The third-order valence-corrected chi connectivity index (χ3v) is 15.8. The van der Waals surface area contributed by atoms with Crippen LogP contribution in [0.15, 0.2) is 229 Å². The second-order valence-electron chi connectivity index (χ2n) is 18.1. The molecule has 0 saturated heterocycles. The van der Waals surface area contributed by atoms with Crippen LogP contribution in [-0.4, -0.2) is 15.0 Å². The van der Waals surface area contributed by atoms with Gasteiger partial charge in [0.1, 0.15) is 11.2 Å². The zero-order chi connectivity index (χ0) is 45.2. The third-order valence-electron chi connectivity index (χ3n) is 14.6. The highest BCUT2D eigenvalue weighted by molar-refractivity contribution is 7.26. The van der Waals surface area contributed by atoms with E-state index in [-0.39, 0.29) is 0 Å². The Morgan fingerprint density at radius 1 is 0.333 bits per heavy atom. The summed E-state index contributed by atoms with van der Waals surface area (Å²) in [5.41, 5.74) is 18.9. The van der Waals surface area contributed by atoms with Gasteiger partial charge in [-0.2, -0.15) is 0 Å². The van der Waals surface area contributed by atoms with E-state index in [4.69, 9.17) is 19.4 Å². The van der Waals surface area contributed by atoms with Crippen molar-refractivity contribution >= 4 is 53.4 Å². The summed E-state index contributed by atoms with van der Waals surface area (Å²) < 4.78 is 9.11. The first kappa shape index (κ1) is 38.3. The summed E-state index contributed by atoms with van der Waals surface area (Å²) in [5.74, 6) is 1.83. The number of hydrogen-bond donors (Lipinski definition) is 0. The minimum atomic E-state index is -0.427. The van der Waals surface area contributed by atoms with Crippen molar-refractivity contribution in [1.29, 1.82) is 0 Å². The molecule has 0 atom stereocenters. The van der Waals surface area contributed by atoms with Crippen molar-refractivity contribution in [3.05, 3.63) is 247 Å². The lowest BCUT2D eigenvalue weighted by Gasteiger charge is -2.30. The van der Waals surface area contributed by atoms with Gasteiger partial charge in [-0.3, -0.25) is 0 Å². The Hall–Kier alpha value is -8.77. The fourth-order valence-electron chi connectivity index (χ4n) is 11.7. The maximum atomic E-state index is 6.72. The van der Waals surface area contributed by atoms with Gasteiger partial charge in [0.15, 0.2) is 17.5 Å². The maximum absolute atomic E-state index is 6.72. The molecule has 3 heterocycles. The molecule has 0 aliphatic heterocycles. The summed E-state index contributed by atoms with van der Waals surface area (Å²) in [6.45, 7) is 0. The molecule has 0 radical (unpaired) electrons. The zero-order valence-corrected chi connectivity index (χ0v) is 37.8. The summed E-state index contributed by atoms with van der Waals surface area (Å²) in [7, 11) is 0. The van der Waals surface area contributed by atoms with Crippen LogP contribution in [0.3, 0.4) is 0 Å². The Balaban J connectivity index is 0.949. The van der Waals surface area contributed by atoms with E-state index in [1.807, 2.05) is 12.1 Å². The molecule has 2 aliphatic carbocycles. The molecule has 13 aromatic rings. The molecule has 5 heteroatoms. The van der Waals surface area contributed by atoms with Crippen LogP contribution in [0.2, 0.25) is 0 Å². The van der Waals surface area contributed by atoms with Gasteiger partial charge in [-0.15, -0.1) is 11.3 Å². The average Bonchev–Trinajstić information content (AvgIpc) is 4.16. The smallest absolute Gasteiger partial charge is 0.165 e. The lowest BCUT2D eigenvalue weighted by Crippen LogP contribution is -2.25. The summed E-state index contributed by atoms with van der Waals surface area (Å²) in [6, 6.07) is 80.8. The highest BCUT2D eigenvalue weighted by Gasteiger charge is 2.52. The summed E-state index contributed by atoms with van der Waals surface area (Å²) in [5, 5.41) is 4.41. The first-order chi connectivity index (χ1) is 34.2. The van der Waals surface area contributed by atoms with Crippen LogP contribution in [0.5, 0.6) is 0 Å². The summed E-state index contributed by atoms with van der Waals surface area (Å²) in [4.78, 5) is 16.1. The fourth-order valence-corrected chi connectivity index (χ4v) is 12.9. The van der Waals surface area contributed by atoms with Crippen molar-refractivity contribution in [2.24, 2.45) is 0 Å². The van der Waals surface area contributed by atoms with Crippen LogP contribution in [0.25, 0.3) is 121 Å². The van der Waals surface area contributed by atoms with Crippen LogP contribution in [0, 0.1) is 0 Å². The molecule has 0 bridgehead atoms. The van der Waals surface area contributed by atoms with Gasteiger partial charge in [-0.25, -0.2) is 15.0 Å². The average molecular weight is 896 g/mol. The summed E-state index contributed by atoms with van der Waals surface area (Å²) >= 11 is 1.78. The first-order valence-electron chi connectivity index (χ1n) is 23.4. The van der Waals surface area contributed by atoms with Crippen molar-refractivity contribution in [2.45, 2.75) is 5.41 Å². The molecular formula is C64H37N3OS. The molecule has 2 aliphatic rings. The fraction of sp³-hybridized carbons (Fsp3) is 0.0156. The number of thiophene rings is 1. The third kappa shape index (κ3) is 5.48. The van der Waals surface area contributed by atoms with Gasteiger partial charge in [0.05, 0.1) is 5.41 Å². The topological polar surface area (TPSA) is 51.8 Å². The number of hydrogen-bond acceptors (Lipinski definition) is 5. The van der Waals surface area contributed by atoms with E-state index in [1.165, 1.54) is 65.5 Å².